The van der Waals surface area contributed by atoms with Crippen molar-refractivity contribution >= 4 is 51.0 Å². The van der Waals surface area contributed by atoms with Gasteiger partial charge in [0.15, 0.2) is 5.78 Å². The van der Waals surface area contributed by atoms with Gasteiger partial charge in [-0.3, -0.25) is 4.79 Å². The molecule has 1 aromatic heterocycles. The van der Waals surface area contributed by atoms with Crippen LogP contribution >= 0.6 is 39.1 Å². The maximum atomic E-state index is 12.2. The van der Waals surface area contributed by atoms with E-state index in [4.69, 9.17) is 32.4 Å². The molecule has 0 unspecified atom stereocenters. The van der Waals surface area contributed by atoms with Gasteiger partial charge in [-0.1, -0.05) is 35.3 Å². The summed E-state index contributed by atoms with van der Waals surface area (Å²) in [6.07, 6.45) is 3.03. The van der Waals surface area contributed by atoms with Gasteiger partial charge >= 0.3 is 0 Å². The third kappa shape index (κ3) is 4.79. The van der Waals surface area contributed by atoms with Gasteiger partial charge in [-0.25, -0.2) is 0 Å². The molecule has 0 radical (unpaired) electrons. The van der Waals surface area contributed by atoms with Gasteiger partial charge in [-0.15, -0.1) is 0 Å². The van der Waals surface area contributed by atoms with E-state index in [0.29, 0.717) is 27.1 Å². The number of hydrogen-bond acceptors (Lipinski definition) is 3. The van der Waals surface area contributed by atoms with Crippen LogP contribution < -0.4 is 4.74 Å². The number of rotatable bonds is 6. The number of ketones is 1. The number of allylic oxidation sites excluding steroid dienone is 1. The summed E-state index contributed by atoms with van der Waals surface area (Å²) in [6, 6.07) is 15.9. The van der Waals surface area contributed by atoms with Crippen molar-refractivity contribution in [2.45, 2.75) is 6.61 Å². The van der Waals surface area contributed by atoms with E-state index in [9.17, 15) is 4.79 Å². The third-order valence-corrected chi connectivity index (χ3v) is 4.89. The van der Waals surface area contributed by atoms with Crippen LogP contribution in [0.15, 0.2) is 69.6 Å². The van der Waals surface area contributed by atoms with Gasteiger partial charge in [-0.2, -0.15) is 0 Å². The molecule has 6 heteroatoms. The first-order valence-corrected chi connectivity index (χ1v) is 9.21. The average molecular weight is 452 g/mol. The van der Waals surface area contributed by atoms with E-state index < -0.39 is 0 Å². The zero-order chi connectivity index (χ0) is 18.5. The van der Waals surface area contributed by atoms with E-state index in [-0.39, 0.29) is 12.4 Å². The number of ether oxygens (including phenoxy) is 1. The second kappa shape index (κ2) is 8.58. The van der Waals surface area contributed by atoms with Crippen LogP contribution in [0.4, 0.5) is 0 Å². The second-order valence-electron chi connectivity index (χ2n) is 5.35. The minimum atomic E-state index is -0.189. The molecule has 0 aliphatic heterocycles. The van der Waals surface area contributed by atoms with Gasteiger partial charge in [0.05, 0.1) is 14.5 Å². The zero-order valence-electron chi connectivity index (χ0n) is 13.4. The lowest BCUT2D eigenvalue weighted by Crippen LogP contribution is -1.94. The Morgan fingerprint density at radius 1 is 1.08 bits per heavy atom. The molecular weight excluding hydrogens is 439 g/mol. The van der Waals surface area contributed by atoms with Crippen LogP contribution in [0.3, 0.4) is 0 Å². The first-order chi connectivity index (χ1) is 12.5. The summed E-state index contributed by atoms with van der Waals surface area (Å²) in [6.45, 7) is 0.289. The molecule has 26 heavy (non-hydrogen) atoms. The number of hydrogen-bond donors (Lipinski definition) is 0. The molecule has 0 aliphatic carbocycles. The zero-order valence-corrected chi connectivity index (χ0v) is 16.5. The fourth-order valence-electron chi connectivity index (χ4n) is 2.18. The van der Waals surface area contributed by atoms with Crippen LogP contribution in [0.5, 0.6) is 5.75 Å². The van der Waals surface area contributed by atoms with Crippen molar-refractivity contribution < 1.29 is 13.9 Å². The number of benzene rings is 2. The highest BCUT2D eigenvalue weighted by Gasteiger charge is 2.07. The monoisotopic (exact) mass is 450 g/mol. The molecule has 1 heterocycles. The van der Waals surface area contributed by atoms with Gasteiger partial charge in [0.1, 0.15) is 23.9 Å². The fourth-order valence-corrected chi connectivity index (χ4v) is 2.87. The molecule has 3 nitrogen and oxygen atoms in total. The van der Waals surface area contributed by atoms with Gasteiger partial charge < -0.3 is 9.15 Å². The van der Waals surface area contributed by atoms with E-state index in [0.717, 1.165) is 10.2 Å². The van der Waals surface area contributed by atoms with Crippen molar-refractivity contribution in [2.24, 2.45) is 0 Å². The molecule has 0 saturated carbocycles. The predicted molar refractivity (Wildman–Crippen MR) is 107 cm³/mol. The van der Waals surface area contributed by atoms with Crippen LogP contribution in [0, 0.1) is 0 Å². The molecular formula is C20H13BrCl2O3. The Hall–Kier alpha value is -2.01. The van der Waals surface area contributed by atoms with Crippen molar-refractivity contribution in [2.75, 3.05) is 0 Å². The second-order valence-corrected chi connectivity index (χ2v) is 7.02. The molecule has 132 valence electrons. The SMILES string of the molecule is O=C(/C=C/c1ccc(COc2ccccc2Br)o1)c1ccc(Cl)c(Cl)c1. The van der Waals surface area contributed by atoms with Crippen molar-refractivity contribution in [3.63, 3.8) is 0 Å². The Balaban J connectivity index is 1.62. The standard InChI is InChI=1S/C20H13BrCl2O3/c21-16-3-1-2-4-20(16)25-12-15-7-6-14(26-15)8-10-19(24)13-5-9-17(22)18(23)11-13/h1-11H,12H2/b10-8+. The Kier molecular flexibility index (Phi) is 6.20. The molecule has 0 aliphatic rings. The lowest BCUT2D eigenvalue weighted by Gasteiger charge is -2.05. The highest BCUT2D eigenvalue weighted by Crippen LogP contribution is 2.25. The minimum absolute atomic E-state index is 0.189. The highest BCUT2D eigenvalue weighted by molar-refractivity contribution is 9.10. The van der Waals surface area contributed by atoms with Crippen LogP contribution in [0.2, 0.25) is 10.0 Å². The van der Waals surface area contributed by atoms with E-state index >= 15 is 0 Å². The molecule has 0 amide bonds. The van der Waals surface area contributed by atoms with E-state index in [1.54, 1.807) is 30.3 Å². The maximum Gasteiger partial charge on any atom is 0.186 e. The van der Waals surface area contributed by atoms with Gasteiger partial charge in [0.2, 0.25) is 0 Å². The predicted octanol–water partition coefficient (Wildman–Crippen LogP) is 6.82. The highest BCUT2D eigenvalue weighted by atomic mass is 79.9. The molecule has 0 fully saturated rings. The fraction of sp³-hybridized carbons (Fsp3) is 0.0500. The largest absolute Gasteiger partial charge is 0.484 e. The van der Waals surface area contributed by atoms with E-state index in [1.165, 1.54) is 12.1 Å². The van der Waals surface area contributed by atoms with E-state index in [2.05, 4.69) is 15.9 Å². The Morgan fingerprint density at radius 2 is 1.88 bits per heavy atom. The summed E-state index contributed by atoms with van der Waals surface area (Å²) in [7, 11) is 0. The molecule has 0 saturated heterocycles. The number of carbonyl (C=O) groups is 1. The number of para-hydroxylation sites is 1. The molecule has 0 bridgehead atoms. The Bertz CT molecular complexity index is 963. The lowest BCUT2D eigenvalue weighted by molar-refractivity contribution is 0.104. The smallest absolute Gasteiger partial charge is 0.186 e. The molecule has 0 N–H and O–H groups in total. The van der Waals surface area contributed by atoms with Crippen molar-refractivity contribution in [3.8, 4) is 5.75 Å². The van der Waals surface area contributed by atoms with Crippen molar-refractivity contribution in [1.82, 2.24) is 0 Å². The van der Waals surface area contributed by atoms with Crippen LogP contribution in [-0.2, 0) is 6.61 Å². The first-order valence-electron chi connectivity index (χ1n) is 7.66. The van der Waals surface area contributed by atoms with Crippen LogP contribution in [-0.4, -0.2) is 5.78 Å². The summed E-state index contributed by atoms with van der Waals surface area (Å²) in [5.41, 5.74) is 0.458. The molecule has 0 spiro atoms. The quantitative estimate of drug-likeness (QED) is 0.304. The number of furan rings is 1. The number of halogens is 3. The summed E-state index contributed by atoms with van der Waals surface area (Å²) >= 11 is 15.2. The third-order valence-electron chi connectivity index (χ3n) is 3.49. The van der Waals surface area contributed by atoms with Crippen molar-refractivity contribution in [3.05, 3.63) is 92.3 Å². The summed E-state index contributed by atoms with van der Waals surface area (Å²) in [5, 5.41) is 0.753. The van der Waals surface area contributed by atoms with Crippen LogP contribution in [0.1, 0.15) is 21.9 Å². The van der Waals surface area contributed by atoms with Crippen molar-refractivity contribution in [1.29, 1.82) is 0 Å². The molecule has 3 aromatic rings. The lowest BCUT2D eigenvalue weighted by atomic mass is 10.1. The average Bonchev–Trinajstić information content (AvgIpc) is 3.09. The minimum Gasteiger partial charge on any atom is -0.484 e. The maximum absolute atomic E-state index is 12.2. The summed E-state index contributed by atoms with van der Waals surface area (Å²) in [4.78, 5) is 12.2. The molecule has 2 aromatic carbocycles. The Morgan fingerprint density at radius 3 is 2.65 bits per heavy atom. The first kappa shape index (κ1) is 18.8. The number of carbonyl (C=O) groups excluding carboxylic acids is 1. The molecule has 0 atom stereocenters. The summed E-state index contributed by atoms with van der Waals surface area (Å²) < 4.78 is 12.2. The normalized spacial score (nSPS) is 11.0. The topological polar surface area (TPSA) is 39.4 Å². The van der Waals surface area contributed by atoms with Gasteiger partial charge in [-0.05, 0) is 70.5 Å². The Labute approximate surface area is 169 Å². The van der Waals surface area contributed by atoms with Crippen LogP contribution in [0.25, 0.3) is 6.08 Å². The van der Waals surface area contributed by atoms with Gasteiger partial charge in [0.25, 0.3) is 0 Å². The summed E-state index contributed by atoms with van der Waals surface area (Å²) in [5.74, 6) is 1.76. The van der Waals surface area contributed by atoms with E-state index in [1.807, 2.05) is 24.3 Å². The molecule has 3 rings (SSSR count). The van der Waals surface area contributed by atoms with Gasteiger partial charge in [0, 0.05) is 5.56 Å².